The molecule has 1 amide bonds. The van der Waals surface area contributed by atoms with Crippen LogP contribution in [0.25, 0.3) is 0 Å². The van der Waals surface area contributed by atoms with Gasteiger partial charge in [0.2, 0.25) is 10.0 Å². The van der Waals surface area contributed by atoms with E-state index in [9.17, 15) is 26.4 Å². The number of carbonyl (C=O) groups is 1. The van der Waals surface area contributed by atoms with Crippen molar-refractivity contribution in [1.29, 1.82) is 0 Å². The Balaban J connectivity index is 1.79. The summed E-state index contributed by atoms with van der Waals surface area (Å²) in [7, 11) is -4.08. The number of aromatic nitrogens is 1. The Morgan fingerprint density at radius 2 is 1.75 bits per heavy atom. The predicted octanol–water partition coefficient (Wildman–Crippen LogP) is 1.71. The number of benzene rings is 1. The van der Waals surface area contributed by atoms with E-state index in [0.717, 1.165) is 22.5 Å². The first-order valence-electron chi connectivity index (χ1n) is 8.28. The summed E-state index contributed by atoms with van der Waals surface area (Å²) in [5.41, 5.74) is 4.54. The second kappa shape index (κ2) is 7.40. The third-order valence-electron chi connectivity index (χ3n) is 4.39. The minimum Gasteiger partial charge on any atom is -0.365 e. The maximum Gasteiger partial charge on any atom is 0.416 e. The number of sulfonamides is 1. The van der Waals surface area contributed by atoms with Crippen LogP contribution in [-0.4, -0.2) is 49.8 Å². The van der Waals surface area contributed by atoms with Crippen LogP contribution in [0.3, 0.4) is 0 Å². The number of pyridine rings is 1. The summed E-state index contributed by atoms with van der Waals surface area (Å²) in [5, 5.41) is 0. The lowest BCUT2D eigenvalue weighted by Crippen LogP contribution is -2.49. The molecule has 1 aliphatic rings. The second-order valence-electron chi connectivity index (χ2n) is 6.16. The maximum absolute atomic E-state index is 12.9. The summed E-state index contributed by atoms with van der Waals surface area (Å²) in [6.45, 7) is 0.506. The third-order valence-corrected chi connectivity index (χ3v) is 6.28. The summed E-state index contributed by atoms with van der Waals surface area (Å²) < 4.78 is 65.2. The molecule has 11 heteroatoms. The first-order chi connectivity index (χ1) is 13.1. The molecule has 0 unspecified atom stereocenters. The molecule has 1 fully saturated rings. The Labute approximate surface area is 159 Å². The quantitative estimate of drug-likeness (QED) is 0.822. The highest BCUT2D eigenvalue weighted by Crippen LogP contribution is 2.31. The van der Waals surface area contributed by atoms with E-state index < -0.39 is 32.6 Å². The number of primary amides is 1. The van der Waals surface area contributed by atoms with Gasteiger partial charge in [0.1, 0.15) is 5.82 Å². The van der Waals surface area contributed by atoms with Crippen molar-refractivity contribution in [2.75, 3.05) is 31.1 Å². The van der Waals surface area contributed by atoms with E-state index >= 15 is 0 Å². The average Bonchev–Trinajstić information content (AvgIpc) is 2.67. The second-order valence-corrected chi connectivity index (χ2v) is 8.09. The van der Waals surface area contributed by atoms with Gasteiger partial charge in [-0.05, 0) is 30.3 Å². The van der Waals surface area contributed by atoms with Crippen molar-refractivity contribution in [2.24, 2.45) is 5.73 Å². The van der Waals surface area contributed by atoms with Crippen molar-refractivity contribution in [1.82, 2.24) is 9.29 Å². The zero-order chi connectivity index (χ0) is 20.5. The molecular formula is C17H17F3N4O3S. The van der Waals surface area contributed by atoms with Crippen LogP contribution in [-0.2, 0) is 16.2 Å². The van der Waals surface area contributed by atoms with Gasteiger partial charge in [-0.2, -0.15) is 17.5 Å². The highest BCUT2D eigenvalue weighted by Gasteiger charge is 2.34. The fourth-order valence-electron chi connectivity index (χ4n) is 2.96. The SMILES string of the molecule is NC(=O)c1cccnc1N1CCN(S(=O)(=O)c2cccc(C(F)(F)F)c2)CC1. The summed E-state index contributed by atoms with van der Waals surface area (Å²) in [4.78, 5) is 17.0. The van der Waals surface area contributed by atoms with Gasteiger partial charge in [0.05, 0.1) is 16.0 Å². The van der Waals surface area contributed by atoms with E-state index in [1.165, 1.54) is 12.3 Å². The lowest BCUT2D eigenvalue weighted by Gasteiger charge is -2.35. The van der Waals surface area contributed by atoms with Crippen LogP contribution in [0, 0.1) is 0 Å². The molecule has 2 N–H and O–H groups in total. The topological polar surface area (TPSA) is 96.6 Å². The van der Waals surface area contributed by atoms with Crippen LogP contribution in [0.1, 0.15) is 15.9 Å². The van der Waals surface area contributed by atoms with Crippen LogP contribution in [0.2, 0.25) is 0 Å². The number of piperazine rings is 1. The first-order valence-corrected chi connectivity index (χ1v) is 9.72. The molecule has 3 rings (SSSR count). The zero-order valence-electron chi connectivity index (χ0n) is 14.6. The minimum atomic E-state index is -4.63. The number of nitrogens with zero attached hydrogens (tertiary/aromatic N) is 3. The smallest absolute Gasteiger partial charge is 0.365 e. The van der Waals surface area contributed by atoms with Gasteiger partial charge in [-0.15, -0.1) is 0 Å². The van der Waals surface area contributed by atoms with Crippen molar-refractivity contribution < 1.29 is 26.4 Å². The number of nitrogens with two attached hydrogens (primary N) is 1. The van der Waals surface area contributed by atoms with Gasteiger partial charge in [-0.1, -0.05) is 6.07 Å². The van der Waals surface area contributed by atoms with Gasteiger partial charge in [0.25, 0.3) is 5.91 Å². The molecule has 28 heavy (non-hydrogen) atoms. The number of halogens is 3. The van der Waals surface area contributed by atoms with Gasteiger partial charge in [0, 0.05) is 32.4 Å². The molecule has 1 aliphatic heterocycles. The van der Waals surface area contributed by atoms with Gasteiger partial charge in [-0.3, -0.25) is 4.79 Å². The van der Waals surface area contributed by atoms with Gasteiger partial charge < -0.3 is 10.6 Å². The number of amides is 1. The lowest BCUT2D eigenvalue weighted by molar-refractivity contribution is -0.137. The molecule has 1 aromatic carbocycles. The molecule has 1 saturated heterocycles. The molecule has 2 heterocycles. The average molecular weight is 414 g/mol. The normalized spacial score (nSPS) is 16.2. The highest BCUT2D eigenvalue weighted by atomic mass is 32.2. The summed E-state index contributed by atoms with van der Waals surface area (Å²) in [5.74, 6) is -0.298. The Morgan fingerprint density at radius 1 is 1.07 bits per heavy atom. The Hall–Kier alpha value is -2.66. The minimum absolute atomic E-state index is 0.0351. The van der Waals surface area contributed by atoms with Crippen molar-refractivity contribution >= 4 is 21.7 Å². The fraction of sp³-hybridized carbons (Fsp3) is 0.294. The summed E-state index contributed by atoms with van der Waals surface area (Å²) in [6.07, 6.45) is -3.14. The van der Waals surface area contributed by atoms with Gasteiger partial charge >= 0.3 is 6.18 Å². The molecule has 0 spiro atoms. The van der Waals surface area contributed by atoms with Crippen LogP contribution in [0.5, 0.6) is 0 Å². The molecular weight excluding hydrogens is 397 g/mol. The van der Waals surface area contributed by atoms with Crippen LogP contribution >= 0.6 is 0 Å². The largest absolute Gasteiger partial charge is 0.416 e. The highest BCUT2D eigenvalue weighted by molar-refractivity contribution is 7.89. The third kappa shape index (κ3) is 3.94. The molecule has 0 atom stereocenters. The first kappa shape index (κ1) is 20.1. The Morgan fingerprint density at radius 3 is 2.36 bits per heavy atom. The molecule has 1 aromatic heterocycles. The molecule has 0 saturated carbocycles. The maximum atomic E-state index is 12.9. The molecule has 7 nitrogen and oxygen atoms in total. The zero-order valence-corrected chi connectivity index (χ0v) is 15.4. The van der Waals surface area contributed by atoms with Crippen molar-refractivity contribution in [2.45, 2.75) is 11.1 Å². The number of hydrogen-bond donors (Lipinski definition) is 1. The predicted molar refractivity (Wildman–Crippen MR) is 95.2 cm³/mol. The van der Waals surface area contributed by atoms with Crippen LogP contribution in [0.15, 0.2) is 47.5 Å². The lowest BCUT2D eigenvalue weighted by atomic mass is 10.2. The van der Waals surface area contributed by atoms with E-state index in [2.05, 4.69) is 4.98 Å². The van der Waals surface area contributed by atoms with Gasteiger partial charge in [0.15, 0.2) is 0 Å². The Kier molecular flexibility index (Phi) is 5.31. The Bertz CT molecular complexity index is 987. The number of rotatable bonds is 4. The number of carbonyl (C=O) groups excluding carboxylic acids is 1. The number of anilines is 1. The molecule has 150 valence electrons. The number of hydrogen-bond acceptors (Lipinski definition) is 5. The van der Waals surface area contributed by atoms with E-state index in [-0.39, 0.29) is 31.7 Å². The van der Waals surface area contributed by atoms with Crippen LogP contribution < -0.4 is 10.6 Å². The number of alkyl halides is 3. The van der Waals surface area contributed by atoms with E-state index in [1.54, 1.807) is 11.0 Å². The van der Waals surface area contributed by atoms with Gasteiger partial charge in [-0.25, -0.2) is 13.4 Å². The van der Waals surface area contributed by atoms with Crippen LogP contribution in [0.4, 0.5) is 19.0 Å². The van der Waals surface area contributed by atoms with Crippen molar-refractivity contribution in [3.05, 3.63) is 53.7 Å². The van der Waals surface area contributed by atoms with E-state index in [0.29, 0.717) is 11.9 Å². The molecule has 0 bridgehead atoms. The van der Waals surface area contributed by atoms with Crippen molar-refractivity contribution in [3.63, 3.8) is 0 Å². The molecule has 2 aromatic rings. The molecule has 0 radical (unpaired) electrons. The van der Waals surface area contributed by atoms with Crippen molar-refractivity contribution in [3.8, 4) is 0 Å². The summed E-state index contributed by atoms with van der Waals surface area (Å²) >= 11 is 0. The fourth-order valence-corrected chi connectivity index (χ4v) is 4.43. The van der Waals surface area contributed by atoms with E-state index in [1.807, 2.05) is 0 Å². The summed E-state index contributed by atoms with van der Waals surface area (Å²) in [6, 6.07) is 6.75. The molecule has 0 aliphatic carbocycles. The van der Waals surface area contributed by atoms with E-state index in [4.69, 9.17) is 5.73 Å². The standard InChI is InChI=1S/C17H17F3N4O3S/c18-17(19,20)12-3-1-4-13(11-12)28(26,27)24-9-7-23(8-10-24)16-14(15(21)25)5-2-6-22-16/h1-6,11H,7-10H2,(H2,21,25). The monoisotopic (exact) mass is 414 g/mol.